The van der Waals surface area contributed by atoms with Crippen LogP contribution in [0.4, 0.5) is 0 Å². The summed E-state index contributed by atoms with van der Waals surface area (Å²) in [4.78, 5) is 32.6. The average molecular weight is 483 g/mol. The lowest BCUT2D eigenvalue weighted by Gasteiger charge is -2.38. The zero-order valence-corrected chi connectivity index (χ0v) is 21.2. The summed E-state index contributed by atoms with van der Waals surface area (Å²) in [5.41, 5.74) is 4.15. The van der Waals surface area contributed by atoms with Crippen molar-refractivity contribution in [2.75, 3.05) is 13.1 Å². The molecule has 5 rings (SSSR count). The van der Waals surface area contributed by atoms with Gasteiger partial charge in [0.1, 0.15) is 6.54 Å². The molecule has 3 aromatic carbocycles. The Hall–Kier alpha value is -3.44. The molecule has 0 saturated carbocycles. The highest BCUT2D eigenvalue weighted by atomic mass is 32.1. The van der Waals surface area contributed by atoms with Crippen molar-refractivity contribution < 1.29 is 9.59 Å². The lowest BCUT2D eigenvalue weighted by atomic mass is 9.92. The van der Waals surface area contributed by atoms with Crippen molar-refractivity contribution in [3.05, 3.63) is 105 Å². The van der Waals surface area contributed by atoms with Crippen LogP contribution in [0.2, 0.25) is 0 Å². The molecule has 0 fully saturated rings. The van der Waals surface area contributed by atoms with Gasteiger partial charge in [-0.1, -0.05) is 66.2 Å². The lowest BCUT2D eigenvalue weighted by Crippen LogP contribution is -2.48. The summed E-state index contributed by atoms with van der Waals surface area (Å²) in [5.74, 6) is -0.125. The van der Waals surface area contributed by atoms with Crippen LogP contribution < -0.4 is 0 Å². The highest BCUT2D eigenvalue weighted by Gasteiger charge is 2.34. The molecule has 2 amide bonds. The van der Waals surface area contributed by atoms with Crippen LogP contribution in [-0.2, 0) is 11.2 Å². The van der Waals surface area contributed by atoms with Crippen LogP contribution in [0.1, 0.15) is 51.8 Å². The molecule has 0 saturated heterocycles. The molecule has 178 valence electrons. The minimum Gasteiger partial charge on any atom is -0.330 e. The van der Waals surface area contributed by atoms with Gasteiger partial charge in [0, 0.05) is 23.0 Å². The van der Waals surface area contributed by atoms with Gasteiger partial charge in [-0.2, -0.15) is 0 Å². The molecule has 1 aromatic heterocycles. The van der Waals surface area contributed by atoms with Gasteiger partial charge in [0.25, 0.3) is 5.91 Å². The van der Waals surface area contributed by atoms with E-state index in [4.69, 9.17) is 0 Å². The number of amides is 2. The topological polar surface area (TPSA) is 40.6 Å². The monoisotopic (exact) mass is 482 g/mol. The number of carbonyl (C=O) groups excluding carboxylic acids is 2. The van der Waals surface area contributed by atoms with E-state index in [9.17, 15) is 9.59 Å². The second kappa shape index (κ2) is 9.67. The molecule has 35 heavy (non-hydrogen) atoms. The Kier molecular flexibility index (Phi) is 6.44. The molecule has 0 N–H and O–H groups in total. The molecule has 0 spiro atoms. The second-order valence-electron chi connectivity index (χ2n) is 9.50. The third kappa shape index (κ3) is 4.48. The molecule has 0 aliphatic carbocycles. The van der Waals surface area contributed by atoms with Crippen molar-refractivity contribution in [3.63, 3.8) is 0 Å². The van der Waals surface area contributed by atoms with Crippen LogP contribution in [0, 0.1) is 6.92 Å². The van der Waals surface area contributed by atoms with Gasteiger partial charge in [-0.3, -0.25) is 9.59 Å². The first-order valence-corrected chi connectivity index (χ1v) is 13.0. The van der Waals surface area contributed by atoms with Gasteiger partial charge in [-0.25, -0.2) is 0 Å². The fourth-order valence-corrected chi connectivity index (χ4v) is 5.89. The fraction of sp³-hybridized carbons (Fsp3) is 0.267. The molecule has 4 aromatic rings. The number of thiophene rings is 1. The molecule has 1 aliphatic heterocycles. The molecule has 1 aliphatic rings. The fourth-order valence-electron chi connectivity index (χ4n) is 4.99. The van der Waals surface area contributed by atoms with Crippen molar-refractivity contribution in [1.29, 1.82) is 0 Å². The first-order chi connectivity index (χ1) is 16.9. The summed E-state index contributed by atoms with van der Waals surface area (Å²) >= 11 is 1.76. The van der Waals surface area contributed by atoms with Gasteiger partial charge in [-0.05, 0) is 66.6 Å². The Morgan fingerprint density at radius 2 is 1.74 bits per heavy atom. The number of rotatable bonds is 5. The smallest absolute Gasteiger partial charge is 0.255 e. The van der Waals surface area contributed by atoms with Gasteiger partial charge in [0.05, 0.1) is 6.04 Å². The third-order valence-electron chi connectivity index (χ3n) is 6.89. The SMILES string of the molecule is Cc1ccc([C@@H]2c3ccsc3CCN2C(=O)CN(C(=O)c2cccc3ccccc23)C(C)C)cc1. The van der Waals surface area contributed by atoms with E-state index < -0.39 is 0 Å². The first kappa shape index (κ1) is 23.3. The zero-order valence-electron chi connectivity index (χ0n) is 20.4. The van der Waals surface area contributed by atoms with E-state index in [2.05, 4.69) is 42.6 Å². The average Bonchev–Trinajstić information content (AvgIpc) is 3.35. The molecule has 0 unspecified atom stereocenters. The second-order valence-corrected chi connectivity index (χ2v) is 10.5. The highest BCUT2D eigenvalue weighted by Crippen LogP contribution is 2.38. The number of fused-ring (bicyclic) bond motifs is 2. The first-order valence-electron chi connectivity index (χ1n) is 12.1. The van der Waals surface area contributed by atoms with Crippen molar-refractivity contribution in [2.45, 2.75) is 39.3 Å². The number of carbonyl (C=O) groups is 2. The lowest BCUT2D eigenvalue weighted by molar-refractivity contribution is -0.134. The van der Waals surface area contributed by atoms with Crippen LogP contribution in [-0.4, -0.2) is 40.7 Å². The predicted octanol–water partition coefficient (Wildman–Crippen LogP) is 6.23. The summed E-state index contributed by atoms with van der Waals surface area (Å²) in [7, 11) is 0. The van der Waals surface area contributed by atoms with E-state index in [1.807, 2.05) is 61.2 Å². The van der Waals surface area contributed by atoms with E-state index in [1.54, 1.807) is 16.2 Å². The minimum absolute atomic E-state index is 0.0188. The number of benzene rings is 3. The number of aryl methyl sites for hydroxylation is 1. The summed E-state index contributed by atoms with van der Waals surface area (Å²) in [6.45, 7) is 6.73. The Balaban J connectivity index is 1.46. The van der Waals surface area contributed by atoms with Gasteiger partial charge in [0.2, 0.25) is 5.91 Å². The van der Waals surface area contributed by atoms with E-state index in [0.29, 0.717) is 12.1 Å². The van der Waals surface area contributed by atoms with Crippen LogP contribution >= 0.6 is 11.3 Å². The number of hydrogen-bond donors (Lipinski definition) is 0. The maximum atomic E-state index is 13.8. The summed E-state index contributed by atoms with van der Waals surface area (Å²) in [5, 5.41) is 4.05. The Bertz CT molecular complexity index is 1370. The van der Waals surface area contributed by atoms with Crippen LogP contribution in [0.15, 0.2) is 78.2 Å². The standard InChI is InChI=1S/C30H30N2O2S/c1-20(2)32(30(34)25-10-6-8-22-7-4-5-9-24(22)25)19-28(33)31-17-15-27-26(16-18-35-27)29(31)23-13-11-21(3)12-14-23/h4-14,16,18,20,29H,15,17,19H2,1-3H3/t29-/m1/s1. The highest BCUT2D eigenvalue weighted by molar-refractivity contribution is 7.10. The molecule has 0 radical (unpaired) electrons. The van der Waals surface area contributed by atoms with E-state index >= 15 is 0 Å². The predicted molar refractivity (Wildman–Crippen MR) is 143 cm³/mol. The molecule has 2 heterocycles. The van der Waals surface area contributed by atoms with Gasteiger partial charge >= 0.3 is 0 Å². The third-order valence-corrected chi connectivity index (χ3v) is 7.89. The molecular weight excluding hydrogens is 452 g/mol. The van der Waals surface area contributed by atoms with E-state index in [1.165, 1.54) is 16.0 Å². The number of nitrogens with zero attached hydrogens (tertiary/aromatic N) is 2. The summed E-state index contributed by atoms with van der Waals surface area (Å²) in [6, 6.07) is 24.0. The molecule has 5 heteroatoms. The summed E-state index contributed by atoms with van der Waals surface area (Å²) < 4.78 is 0. The van der Waals surface area contributed by atoms with Gasteiger partial charge in [0.15, 0.2) is 0 Å². The maximum Gasteiger partial charge on any atom is 0.255 e. The van der Waals surface area contributed by atoms with Crippen LogP contribution in [0.25, 0.3) is 10.8 Å². The van der Waals surface area contributed by atoms with E-state index in [0.717, 1.165) is 22.8 Å². The van der Waals surface area contributed by atoms with E-state index in [-0.39, 0.29) is 30.4 Å². The normalized spacial score (nSPS) is 15.3. The Morgan fingerprint density at radius 3 is 2.51 bits per heavy atom. The van der Waals surface area contributed by atoms with Crippen molar-refractivity contribution in [1.82, 2.24) is 9.80 Å². The largest absolute Gasteiger partial charge is 0.330 e. The quantitative estimate of drug-likeness (QED) is 0.338. The Morgan fingerprint density at radius 1 is 1.00 bits per heavy atom. The van der Waals surface area contributed by atoms with Crippen molar-refractivity contribution in [2.24, 2.45) is 0 Å². The summed E-state index contributed by atoms with van der Waals surface area (Å²) in [6.07, 6.45) is 0.847. The van der Waals surface area contributed by atoms with Crippen molar-refractivity contribution in [3.8, 4) is 0 Å². The molecule has 1 atom stereocenters. The zero-order chi connectivity index (χ0) is 24.5. The van der Waals surface area contributed by atoms with Gasteiger partial charge in [-0.15, -0.1) is 11.3 Å². The van der Waals surface area contributed by atoms with Crippen LogP contribution in [0.3, 0.4) is 0 Å². The minimum atomic E-state index is -0.125. The number of hydrogen-bond acceptors (Lipinski definition) is 3. The Labute approximate surface area is 210 Å². The van der Waals surface area contributed by atoms with Crippen molar-refractivity contribution >= 4 is 33.9 Å². The molecule has 4 nitrogen and oxygen atoms in total. The molecular formula is C30H30N2O2S. The van der Waals surface area contributed by atoms with Gasteiger partial charge < -0.3 is 9.80 Å². The molecule has 0 bridgehead atoms. The maximum absolute atomic E-state index is 13.8. The van der Waals surface area contributed by atoms with Crippen LogP contribution in [0.5, 0.6) is 0 Å².